The molecule has 0 aliphatic heterocycles. The van der Waals surface area contributed by atoms with Crippen LogP contribution in [0.5, 0.6) is 0 Å². The molecular formula is C6H7Cl2N3O. The average molecular weight is 208 g/mol. The highest BCUT2D eigenvalue weighted by molar-refractivity contribution is 5.85. The third kappa shape index (κ3) is 1.60. The smallest absolute Gasteiger partial charge is 0.192 e. The molecule has 66 valence electrons. The Morgan fingerprint density at radius 2 is 2.08 bits per heavy atom. The maximum Gasteiger partial charge on any atom is 0.192 e. The molecule has 2 aromatic heterocycles. The van der Waals surface area contributed by atoms with Gasteiger partial charge in [0.15, 0.2) is 11.1 Å². The Labute approximate surface area is 80.2 Å². The minimum Gasteiger partial charge on any atom is -0.344 e. The first-order valence-electron chi connectivity index (χ1n) is 2.89. The van der Waals surface area contributed by atoms with Crippen molar-refractivity contribution >= 4 is 35.8 Å². The lowest BCUT2D eigenvalue weighted by Crippen LogP contribution is -1.97. The highest BCUT2D eigenvalue weighted by Gasteiger charge is 1.96. The number of halogens is 2. The van der Waals surface area contributed by atoms with Gasteiger partial charge in [-0.25, -0.2) is 0 Å². The molecule has 0 atom stereocenters. The van der Waals surface area contributed by atoms with Crippen LogP contribution in [-0.2, 0) is 0 Å². The van der Waals surface area contributed by atoms with E-state index in [1.165, 1.54) is 6.07 Å². The summed E-state index contributed by atoms with van der Waals surface area (Å²) in [5.74, 6) is 0. The summed E-state index contributed by atoms with van der Waals surface area (Å²) < 4.78 is 0. The number of pyridine rings is 1. The second kappa shape index (κ2) is 4.13. The van der Waals surface area contributed by atoms with Gasteiger partial charge in [0.25, 0.3) is 0 Å². The topological polar surface area (TPSA) is 61.5 Å². The van der Waals surface area contributed by atoms with E-state index in [4.69, 9.17) is 0 Å². The number of nitrogens with zero attached hydrogens (tertiary/aromatic N) is 1. The zero-order valence-electron chi connectivity index (χ0n) is 5.90. The molecule has 0 unspecified atom stereocenters. The second-order valence-electron chi connectivity index (χ2n) is 1.99. The maximum atomic E-state index is 11.0. The van der Waals surface area contributed by atoms with Gasteiger partial charge in [-0.05, 0) is 0 Å². The Balaban J connectivity index is 0.000000605. The average Bonchev–Trinajstić information content (AvgIpc) is 2.36. The zero-order chi connectivity index (χ0) is 6.97. The Morgan fingerprint density at radius 1 is 1.33 bits per heavy atom. The van der Waals surface area contributed by atoms with Crippen LogP contribution in [0.15, 0.2) is 23.3 Å². The Bertz CT molecular complexity index is 408. The van der Waals surface area contributed by atoms with Crippen molar-refractivity contribution in [3.63, 3.8) is 0 Å². The van der Waals surface area contributed by atoms with Gasteiger partial charge in [0.05, 0.1) is 5.39 Å². The van der Waals surface area contributed by atoms with Crippen LogP contribution in [0, 0.1) is 0 Å². The molecule has 0 aliphatic rings. The summed E-state index contributed by atoms with van der Waals surface area (Å²) in [5.41, 5.74) is 0.593. The summed E-state index contributed by atoms with van der Waals surface area (Å²) in [6, 6.07) is 1.47. The van der Waals surface area contributed by atoms with Crippen molar-refractivity contribution in [2.75, 3.05) is 0 Å². The minimum atomic E-state index is -0.0116. The lowest BCUT2D eigenvalue weighted by Gasteiger charge is -1.81. The van der Waals surface area contributed by atoms with Crippen LogP contribution in [0.2, 0.25) is 0 Å². The van der Waals surface area contributed by atoms with Crippen LogP contribution < -0.4 is 5.43 Å². The molecular weight excluding hydrogens is 201 g/mol. The number of fused-ring (bicyclic) bond motifs is 1. The normalized spacial score (nSPS) is 8.67. The highest BCUT2D eigenvalue weighted by Crippen LogP contribution is 1.97. The van der Waals surface area contributed by atoms with Crippen molar-refractivity contribution in [3.05, 3.63) is 28.7 Å². The Kier molecular flexibility index (Phi) is 3.79. The maximum absolute atomic E-state index is 11.0. The molecule has 0 bridgehead atoms. The molecule has 2 N–H and O–H groups in total. The fourth-order valence-corrected chi connectivity index (χ4v) is 0.874. The van der Waals surface area contributed by atoms with E-state index in [0.29, 0.717) is 11.0 Å². The fraction of sp³-hybridized carbons (Fsp3) is 0. The molecule has 2 rings (SSSR count). The van der Waals surface area contributed by atoms with Gasteiger partial charge in [-0.1, -0.05) is 0 Å². The number of nitrogens with one attached hydrogen (secondary N) is 2. The highest BCUT2D eigenvalue weighted by atomic mass is 35.5. The molecule has 0 saturated heterocycles. The minimum absolute atomic E-state index is 0. The number of rotatable bonds is 0. The third-order valence-corrected chi connectivity index (χ3v) is 1.36. The van der Waals surface area contributed by atoms with E-state index in [9.17, 15) is 4.79 Å². The van der Waals surface area contributed by atoms with Gasteiger partial charge in [0.2, 0.25) is 0 Å². The quantitative estimate of drug-likeness (QED) is 0.680. The molecule has 2 aromatic rings. The van der Waals surface area contributed by atoms with E-state index in [2.05, 4.69) is 15.2 Å². The van der Waals surface area contributed by atoms with Crippen molar-refractivity contribution in [2.24, 2.45) is 0 Å². The summed E-state index contributed by atoms with van der Waals surface area (Å²) in [6.45, 7) is 0. The van der Waals surface area contributed by atoms with Crippen molar-refractivity contribution < 1.29 is 0 Å². The van der Waals surface area contributed by atoms with Crippen LogP contribution in [0.1, 0.15) is 0 Å². The van der Waals surface area contributed by atoms with Gasteiger partial charge < -0.3 is 4.98 Å². The van der Waals surface area contributed by atoms with E-state index in [1.807, 2.05) is 0 Å². The van der Waals surface area contributed by atoms with Crippen LogP contribution in [0.3, 0.4) is 0 Å². The standard InChI is InChI=1S/C6H5N3O.2ClH/c10-5-1-2-7-6-4(5)3-8-9-6;;/h1-3H,(H2,7,8,9,10);2*1H. The van der Waals surface area contributed by atoms with Crippen molar-refractivity contribution in [1.82, 2.24) is 15.2 Å². The van der Waals surface area contributed by atoms with Crippen molar-refractivity contribution in [1.29, 1.82) is 0 Å². The molecule has 0 fully saturated rings. The van der Waals surface area contributed by atoms with Gasteiger partial charge in [-0.3, -0.25) is 9.89 Å². The molecule has 6 heteroatoms. The monoisotopic (exact) mass is 207 g/mol. The van der Waals surface area contributed by atoms with E-state index in [1.54, 1.807) is 12.4 Å². The van der Waals surface area contributed by atoms with Crippen LogP contribution in [-0.4, -0.2) is 15.2 Å². The summed E-state index contributed by atoms with van der Waals surface area (Å²) in [6.07, 6.45) is 3.15. The molecule has 0 aliphatic carbocycles. The Morgan fingerprint density at radius 3 is 2.75 bits per heavy atom. The van der Waals surface area contributed by atoms with E-state index >= 15 is 0 Å². The summed E-state index contributed by atoms with van der Waals surface area (Å²) in [5, 5.41) is 7.00. The molecule has 0 aromatic carbocycles. The summed E-state index contributed by atoms with van der Waals surface area (Å²) >= 11 is 0. The lowest BCUT2D eigenvalue weighted by molar-refractivity contribution is 1.10. The van der Waals surface area contributed by atoms with E-state index in [-0.39, 0.29) is 30.2 Å². The molecule has 12 heavy (non-hydrogen) atoms. The SMILES string of the molecule is Cl.Cl.O=c1cc[nH]c2n[nH]cc12. The zero-order valence-corrected chi connectivity index (χ0v) is 7.54. The first kappa shape index (κ1) is 11.0. The van der Waals surface area contributed by atoms with Gasteiger partial charge in [-0.15, -0.1) is 24.8 Å². The first-order valence-corrected chi connectivity index (χ1v) is 2.89. The number of H-pyrrole nitrogens is 2. The van der Waals surface area contributed by atoms with Crippen LogP contribution in [0.25, 0.3) is 11.0 Å². The van der Waals surface area contributed by atoms with Gasteiger partial charge in [0.1, 0.15) is 0 Å². The molecule has 2 heterocycles. The largest absolute Gasteiger partial charge is 0.344 e. The van der Waals surface area contributed by atoms with Gasteiger partial charge in [0, 0.05) is 18.5 Å². The van der Waals surface area contributed by atoms with Crippen molar-refractivity contribution in [3.8, 4) is 0 Å². The van der Waals surface area contributed by atoms with Crippen LogP contribution >= 0.6 is 24.8 Å². The second-order valence-corrected chi connectivity index (χ2v) is 1.99. The predicted octanol–water partition coefficient (Wildman–Crippen LogP) is 1.09. The molecule has 0 radical (unpaired) electrons. The molecule has 0 amide bonds. The lowest BCUT2D eigenvalue weighted by atomic mass is 10.3. The van der Waals surface area contributed by atoms with E-state index in [0.717, 1.165) is 0 Å². The fourth-order valence-electron chi connectivity index (χ4n) is 0.874. The first-order chi connectivity index (χ1) is 4.88. The summed E-state index contributed by atoms with van der Waals surface area (Å²) in [7, 11) is 0. The summed E-state index contributed by atoms with van der Waals surface area (Å²) in [4.78, 5) is 13.8. The number of aromatic amines is 2. The van der Waals surface area contributed by atoms with Gasteiger partial charge in [-0.2, -0.15) is 5.10 Å². The molecule has 4 nitrogen and oxygen atoms in total. The van der Waals surface area contributed by atoms with E-state index < -0.39 is 0 Å². The molecule has 0 saturated carbocycles. The van der Waals surface area contributed by atoms with Crippen LogP contribution in [0.4, 0.5) is 0 Å². The number of hydrogen-bond donors (Lipinski definition) is 2. The molecule has 0 spiro atoms. The number of aromatic nitrogens is 3. The Hall–Kier alpha value is -1.00. The number of hydrogen-bond acceptors (Lipinski definition) is 2. The third-order valence-electron chi connectivity index (χ3n) is 1.36. The van der Waals surface area contributed by atoms with Crippen molar-refractivity contribution in [2.45, 2.75) is 0 Å². The van der Waals surface area contributed by atoms with Gasteiger partial charge >= 0.3 is 0 Å². The predicted molar refractivity (Wildman–Crippen MR) is 51.2 cm³/mol.